The molecule has 0 aromatic heterocycles. The van der Waals surface area contributed by atoms with Crippen LogP contribution in [-0.2, 0) is 6.54 Å². The van der Waals surface area contributed by atoms with Crippen molar-refractivity contribution in [1.29, 1.82) is 0 Å². The van der Waals surface area contributed by atoms with E-state index in [1.807, 2.05) is 4.90 Å². The van der Waals surface area contributed by atoms with Gasteiger partial charge in [-0.15, -0.1) is 0 Å². The molecule has 0 N–H and O–H groups in total. The molecular formula is C20H22F2N2O3. The lowest BCUT2D eigenvalue weighted by atomic mass is 10.1. The highest BCUT2D eigenvalue weighted by Gasteiger charge is 2.24. The Balaban J connectivity index is 1.62. The molecule has 0 atom stereocenters. The molecule has 144 valence electrons. The fraction of sp³-hybridized carbons (Fsp3) is 0.350. The van der Waals surface area contributed by atoms with Gasteiger partial charge in [-0.2, -0.15) is 0 Å². The Kier molecular flexibility index (Phi) is 5.91. The van der Waals surface area contributed by atoms with Crippen LogP contribution in [0.4, 0.5) is 8.78 Å². The summed E-state index contributed by atoms with van der Waals surface area (Å²) in [6.45, 7) is 2.54. The smallest absolute Gasteiger partial charge is 0.254 e. The normalized spacial score (nSPS) is 14.9. The lowest BCUT2D eigenvalue weighted by Crippen LogP contribution is -2.48. The first-order valence-corrected chi connectivity index (χ1v) is 8.70. The van der Waals surface area contributed by atoms with Crippen LogP contribution in [0.25, 0.3) is 0 Å². The number of carbonyl (C=O) groups is 1. The topological polar surface area (TPSA) is 42.0 Å². The Bertz CT molecular complexity index is 821. The number of ether oxygens (including phenoxy) is 2. The molecular weight excluding hydrogens is 354 g/mol. The van der Waals surface area contributed by atoms with Crippen molar-refractivity contribution in [3.8, 4) is 11.5 Å². The molecule has 0 bridgehead atoms. The minimum absolute atomic E-state index is 0.0902. The Hall–Kier alpha value is -2.67. The van der Waals surface area contributed by atoms with Crippen LogP contribution in [0, 0.1) is 11.6 Å². The lowest BCUT2D eigenvalue weighted by Gasteiger charge is -2.35. The van der Waals surface area contributed by atoms with Crippen LogP contribution < -0.4 is 9.47 Å². The molecule has 1 aliphatic rings. The zero-order valence-corrected chi connectivity index (χ0v) is 15.4. The highest BCUT2D eigenvalue weighted by atomic mass is 19.2. The van der Waals surface area contributed by atoms with E-state index in [9.17, 15) is 13.6 Å². The van der Waals surface area contributed by atoms with Gasteiger partial charge in [0.2, 0.25) is 0 Å². The minimum atomic E-state index is -0.838. The largest absolute Gasteiger partial charge is 0.493 e. The summed E-state index contributed by atoms with van der Waals surface area (Å²) in [4.78, 5) is 16.5. The maximum absolute atomic E-state index is 13.8. The van der Waals surface area contributed by atoms with Gasteiger partial charge in [0.05, 0.1) is 14.2 Å². The SMILES string of the molecule is COc1ccc(C(=O)N2CCN(Cc3cccc(F)c3F)CC2)cc1OC. The van der Waals surface area contributed by atoms with E-state index >= 15 is 0 Å². The number of piperazine rings is 1. The molecule has 7 heteroatoms. The van der Waals surface area contributed by atoms with Gasteiger partial charge in [0.1, 0.15) is 0 Å². The van der Waals surface area contributed by atoms with Crippen molar-refractivity contribution in [2.45, 2.75) is 6.54 Å². The molecule has 5 nitrogen and oxygen atoms in total. The van der Waals surface area contributed by atoms with Crippen LogP contribution >= 0.6 is 0 Å². The number of methoxy groups -OCH3 is 2. The van der Waals surface area contributed by atoms with Gasteiger partial charge in [0, 0.05) is 43.9 Å². The van der Waals surface area contributed by atoms with Crippen molar-refractivity contribution in [3.63, 3.8) is 0 Å². The molecule has 0 spiro atoms. The summed E-state index contributed by atoms with van der Waals surface area (Å²) in [5.41, 5.74) is 0.854. The number of rotatable bonds is 5. The van der Waals surface area contributed by atoms with Crippen molar-refractivity contribution in [1.82, 2.24) is 9.80 Å². The third-order valence-electron chi connectivity index (χ3n) is 4.72. The molecule has 1 heterocycles. The van der Waals surface area contributed by atoms with Gasteiger partial charge in [-0.1, -0.05) is 12.1 Å². The van der Waals surface area contributed by atoms with Gasteiger partial charge in [0.25, 0.3) is 5.91 Å². The molecule has 1 amide bonds. The third kappa shape index (κ3) is 4.19. The second-order valence-corrected chi connectivity index (χ2v) is 6.35. The summed E-state index contributed by atoms with van der Waals surface area (Å²) >= 11 is 0. The fourth-order valence-corrected chi connectivity index (χ4v) is 3.17. The maximum atomic E-state index is 13.8. The maximum Gasteiger partial charge on any atom is 0.254 e. The van der Waals surface area contributed by atoms with Gasteiger partial charge >= 0.3 is 0 Å². The summed E-state index contributed by atoms with van der Waals surface area (Å²) in [5, 5.41) is 0. The number of halogens is 2. The van der Waals surface area contributed by atoms with E-state index in [1.165, 1.54) is 13.2 Å². The molecule has 2 aromatic rings. The van der Waals surface area contributed by atoms with Crippen molar-refractivity contribution in [2.75, 3.05) is 40.4 Å². The number of hydrogen-bond donors (Lipinski definition) is 0. The van der Waals surface area contributed by atoms with Crippen molar-refractivity contribution < 1.29 is 23.0 Å². The van der Waals surface area contributed by atoms with Crippen molar-refractivity contribution >= 4 is 5.91 Å². The number of benzene rings is 2. The Morgan fingerprint density at radius 3 is 2.37 bits per heavy atom. The summed E-state index contributed by atoms with van der Waals surface area (Å²) in [5.74, 6) is -0.664. The number of carbonyl (C=O) groups excluding carboxylic acids is 1. The highest BCUT2D eigenvalue weighted by molar-refractivity contribution is 5.95. The van der Waals surface area contributed by atoms with Crippen LogP contribution in [-0.4, -0.2) is 56.1 Å². The van der Waals surface area contributed by atoms with E-state index in [0.717, 1.165) is 6.07 Å². The first kappa shape index (κ1) is 19.1. The van der Waals surface area contributed by atoms with Crippen LogP contribution in [0.3, 0.4) is 0 Å². The van der Waals surface area contributed by atoms with E-state index in [1.54, 1.807) is 36.3 Å². The first-order chi connectivity index (χ1) is 13.0. The summed E-state index contributed by atoms with van der Waals surface area (Å²) in [6.07, 6.45) is 0. The molecule has 0 radical (unpaired) electrons. The van der Waals surface area contributed by atoms with Crippen LogP contribution in [0.5, 0.6) is 11.5 Å². The molecule has 1 aliphatic heterocycles. The predicted octanol–water partition coefficient (Wildman–Crippen LogP) is 2.94. The van der Waals surface area contributed by atoms with E-state index in [4.69, 9.17) is 9.47 Å². The predicted molar refractivity (Wildman–Crippen MR) is 97.1 cm³/mol. The van der Waals surface area contributed by atoms with Crippen molar-refractivity contribution in [3.05, 3.63) is 59.2 Å². The molecule has 1 fully saturated rings. The minimum Gasteiger partial charge on any atom is -0.493 e. The average Bonchev–Trinajstić information content (AvgIpc) is 2.71. The van der Waals surface area contributed by atoms with Crippen LogP contribution in [0.1, 0.15) is 15.9 Å². The van der Waals surface area contributed by atoms with Gasteiger partial charge in [-0.3, -0.25) is 9.69 Å². The molecule has 1 saturated heterocycles. The summed E-state index contributed by atoms with van der Waals surface area (Å²) < 4.78 is 37.6. The van der Waals surface area contributed by atoms with Gasteiger partial charge in [0.15, 0.2) is 23.1 Å². The summed E-state index contributed by atoms with van der Waals surface area (Å²) in [7, 11) is 3.07. The molecule has 0 aliphatic carbocycles. The quantitative estimate of drug-likeness (QED) is 0.805. The third-order valence-corrected chi connectivity index (χ3v) is 4.72. The summed E-state index contributed by atoms with van der Waals surface area (Å²) in [6, 6.07) is 9.27. The number of hydrogen-bond acceptors (Lipinski definition) is 4. The van der Waals surface area contributed by atoms with Crippen molar-refractivity contribution in [2.24, 2.45) is 0 Å². The average molecular weight is 376 g/mol. The van der Waals surface area contributed by atoms with Crippen LogP contribution in [0.2, 0.25) is 0 Å². The second-order valence-electron chi connectivity index (χ2n) is 6.35. The zero-order chi connectivity index (χ0) is 19.4. The Morgan fingerprint density at radius 2 is 1.70 bits per heavy atom. The monoisotopic (exact) mass is 376 g/mol. The number of nitrogens with zero attached hydrogens (tertiary/aromatic N) is 2. The molecule has 2 aromatic carbocycles. The fourth-order valence-electron chi connectivity index (χ4n) is 3.17. The molecule has 27 heavy (non-hydrogen) atoms. The second kappa shape index (κ2) is 8.35. The van der Waals surface area contributed by atoms with E-state index in [-0.39, 0.29) is 5.91 Å². The molecule has 3 rings (SSSR count). The van der Waals surface area contributed by atoms with E-state index < -0.39 is 11.6 Å². The standard InChI is InChI=1S/C20H22F2N2O3/c1-26-17-7-6-14(12-18(17)27-2)20(25)24-10-8-23(9-11-24)13-15-4-3-5-16(21)19(15)22/h3-7,12H,8-11,13H2,1-2H3. The Morgan fingerprint density at radius 1 is 1.00 bits per heavy atom. The zero-order valence-electron chi connectivity index (χ0n) is 15.4. The van der Waals surface area contributed by atoms with Gasteiger partial charge < -0.3 is 14.4 Å². The Labute approximate surface area is 157 Å². The lowest BCUT2D eigenvalue weighted by molar-refractivity contribution is 0.0626. The van der Waals surface area contributed by atoms with Crippen LogP contribution in [0.15, 0.2) is 36.4 Å². The van der Waals surface area contributed by atoms with E-state index in [0.29, 0.717) is 55.3 Å². The number of amides is 1. The molecule has 0 unspecified atom stereocenters. The molecule has 0 saturated carbocycles. The van der Waals surface area contributed by atoms with Gasteiger partial charge in [-0.25, -0.2) is 8.78 Å². The first-order valence-electron chi connectivity index (χ1n) is 8.70. The highest BCUT2D eigenvalue weighted by Crippen LogP contribution is 2.28. The van der Waals surface area contributed by atoms with E-state index in [2.05, 4.69) is 0 Å². The van der Waals surface area contributed by atoms with Gasteiger partial charge in [-0.05, 0) is 24.3 Å².